The molecule has 0 aliphatic heterocycles. The standard InChI is InChI=1S/C18H13N7O3S/c19-10-13-5-8-16(24-25-11-22-15-2-1-9-21-18(15)25)23-17(13)12-3-6-14(7-4-12)28-29(20,26)27/h1-9,11H,(H,23,24)(H2,20,26,27). The molecule has 3 heterocycles. The third-order valence-corrected chi connectivity index (χ3v) is 4.32. The zero-order valence-electron chi connectivity index (χ0n) is 14.7. The van der Waals surface area contributed by atoms with Gasteiger partial charge < -0.3 is 4.18 Å². The molecule has 0 aliphatic rings. The molecule has 0 radical (unpaired) electrons. The lowest BCUT2D eigenvalue weighted by Gasteiger charge is -2.10. The lowest BCUT2D eigenvalue weighted by Crippen LogP contribution is -2.18. The van der Waals surface area contributed by atoms with Crippen LogP contribution in [0.2, 0.25) is 0 Å². The molecule has 3 N–H and O–H groups in total. The molecule has 10 nitrogen and oxygen atoms in total. The summed E-state index contributed by atoms with van der Waals surface area (Å²) in [6, 6.07) is 15.0. The Morgan fingerprint density at radius 1 is 1.10 bits per heavy atom. The molecule has 0 unspecified atom stereocenters. The van der Waals surface area contributed by atoms with Crippen molar-refractivity contribution in [3.05, 3.63) is 66.6 Å². The maximum absolute atomic E-state index is 11.0. The smallest absolute Gasteiger partial charge is 0.371 e. The Balaban J connectivity index is 1.68. The Bertz CT molecular complexity index is 1340. The molecule has 29 heavy (non-hydrogen) atoms. The predicted molar refractivity (Wildman–Crippen MR) is 105 cm³/mol. The minimum atomic E-state index is -4.11. The lowest BCUT2D eigenvalue weighted by molar-refractivity contribution is 0.488. The van der Waals surface area contributed by atoms with Crippen LogP contribution in [0.3, 0.4) is 0 Å². The Morgan fingerprint density at radius 2 is 1.90 bits per heavy atom. The van der Waals surface area contributed by atoms with Crippen LogP contribution in [0.5, 0.6) is 5.75 Å². The van der Waals surface area contributed by atoms with Crippen LogP contribution in [0, 0.1) is 11.3 Å². The van der Waals surface area contributed by atoms with Gasteiger partial charge in [-0.15, -0.1) is 0 Å². The summed E-state index contributed by atoms with van der Waals surface area (Å²) in [5.41, 5.74) is 5.80. The van der Waals surface area contributed by atoms with Crippen molar-refractivity contribution in [1.29, 1.82) is 5.26 Å². The fraction of sp³-hybridized carbons (Fsp3) is 0. The van der Waals surface area contributed by atoms with E-state index >= 15 is 0 Å². The number of anilines is 1. The van der Waals surface area contributed by atoms with E-state index < -0.39 is 10.3 Å². The number of benzene rings is 1. The first-order valence-electron chi connectivity index (χ1n) is 8.22. The molecular weight excluding hydrogens is 394 g/mol. The van der Waals surface area contributed by atoms with Crippen LogP contribution in [0.4, 0.5) is 5.82 Å². The average molecular weight is 407 g/mol. The fourth-order valence-electron chi connectivity index (χ4n) is 2.69. The number of nitrogens with one attached hydrogen (secondary N) is 1. The number of rotatable bonds is 5. The molecule has 0 saturated carbocycles. The van der Waals surface area contributed by atoms with E-state index in [1.807, 2.05) is 6.07 Å². The minimum Gasteiger partial charge on any atom is -0.371 e. The summed E-state index contributed by atoms with van der Waals surface area (Å²) in [6.07, 6.45) is 3.24. The maximum atomic E-state index is 11.0. The van der Waals surface area contributed by atoms with Gasteiger partial charge in [-0.2, -0.15) is 18.8 Å². The largest absolute Gasteiger partial charge is 0.380 e. The van der Waals surface area contributed by atoms with Crippen LogP contribution in [0.15, 0.2) is 61.1 Å². The molecule has 0 aliphatic carbocycles. The highest BCUT2D eigenvalue weighted by Crippen LogP contribution is 2.26. The average Bonchev–Trinajstić information content (AvgIpc) is 3.10. The number of imidazole rings is 1. The number of nitriles is 1. The second kappa shape index (κ2) is 7.19. The van der Waals surface area contributed by atoms with Gasteiger partial charge in [-0.05, 0) is 48.5 Å². The fourth-order valence-corrected chi connectivity index (χ4v) is 3.07. The summed E-state index contributed by atoms with van der Waals surface area (Å²) in [4.78, 5) is 13.0. The van der Waals surface area contributed by atoms with Crippen LogP contribution in [0.25, 0.3) is 22.4 Å². The van der Waals surface area contributed by atoms with Gasteiger partial charge in [0.05, 0.1) is 11.3 Å². The van der Waals surface area contributed by atoms with Crippen molar-refractivity contribution >= 4 is 27.3 Å². The lowest BCUT2D eigenvalue weighted by atomic mass is 10.1. The van der Waals surface area contributed by atoms with Crippen molar-refractivity contribution in [2.45, 2.75) is 0 Å². The Kier molecular flexibility index (Phi) is 4.55. The first kappa shape index (κ1) is 18.4. The van der Waals surface area contributed by atoms with Crippen LogP contribution >= 0.6 is 0 Å². The van der Waals surface area contributed by atoms with E-state index in [1.54, 1.807) is 47.5 Å². The zero-order chi connectivity index (χ0) is 20.4. The van der Waals surface area contributed by atoms with Crippen molar-refractivity contribution in [1.82, 2.24) is 19.6 Å². The van der Waals surface area contributed by atoms with E-state index in [-0.39, 0.29) is 5.75 Å². The van der Waals surface area contributed by atoms with Crippen molar-refractivity contribution in [3.8, 4) is 23.1 Å². The van der Waals surface area contributed by atoms with Crippen molar-refractivity contribution in [2.75, 3.05) is 5.43 Å². The van der Waals surface area contributed by atoms with Crippen LogP contribution < -0.4 is 14.7 Å². The number of nitrogens with two attached hydrogens (primary N) is 1. The predicted octanol–water partition coefficient (Wildman–Crippen LogP) is 1.82. The summed E-state index contributed by atoms with van der Waals surface area (Å²) < 4.78 is 28.3. The Morgan fingerprint density at radius 3 is 2.62 bits per heavy atom. The molecule has 1 aromatic carbocycles. The highest BCUT2D eigenvalue weighted by Gasteiger charge is 2.11. The van der Waals surface area contributed by atoms with Gasteiger partial charge in [0, 0.05) is 11.8 Å². The molecule has 0 saturated heterocycles. The van der Waals surface area contributed by atoms with E-state index in [0.29, 0.717) is 28.3 Å². The van der Waals surface area contributed by atoms with Crippen LogP contribution in [0.1, 0.15) is 5.56 Å². The molecule has 4 aromatic rings. The normalized spacial score (nSPS) is 11.2. The van der Waals surface area contributed by atoms with Gasteiger partial charge in [0.1, 0.15) is 29.5 Å². The zero-order valence-corrected chi connectivity index (χ0v) is 15.5. The molecule has 3 aromatic heterocycles. The number of nitrogens with zero attached hydrogens (tertiary/aromatic N) is 5. The number of aromatic nitrogens is 4. The monoisotopic (exact) mass is 407 g/mol. The summed E-state index contributed by atoms with van der Waals surface area (Å²) in [5, 5.41) is 14.3. The molecule has 0 bridgehead atoms. The second-order valence-corrected chi connectivity index (χ2v) is 7.03. The van der Waals surface area contributed by atoms with Crippen LogP contribution in [-0.2, 0) is 10.3 Å². The van der Waals surface area contributed by atoms with Crippen molar-refractivity contribution in [2.24, 2.45) is 5.14 Å². The number of pyridine rings is 2. The van der Waals surface area contributed by atoms with Gasteiger partial charge in [0.25, 0.3) is 0 Å². The number of hydrogen-bond donors (Lipinski definition) is 2. The maximum Gasteiger partial charge on any atom is 0.380 e. The topological polar surface area (TPSA) is 149 Å². The second-order valence-electron chi connectivity index (χ2n) is 5.88. The summed E-state index contributed by atoms with van der Waals surface area (Å²) in [6.45, 7) is 0. The summed E-state index contributed by atoms with van der Waals surface area (Å²) >= 11 is 0. The van der Waals surface area contributed by atoms with Gasteiger partial charge in [0.15, 0.2) is 5.65 Å². The summed E-state index contributed by atoms with van der Waals surface area (Å²) in [5.74, 6) is 0.522. The quantitative estimate of drug-likeness (QED) is 0.509. The number of fused-ring (bicyclic) bond motifs is 1. The molecular formula is C18H13N7O3S. The highest BCUT2D eigenvalue weighted by molar-refractivity contribution is 7.84. The van der Waals surface area contributed by atoms with Crippen LogP contribution in [-0.4, -0.2) is 28.0 Å². The van der Waals surface area contributed by atoms with Gasteiger partial charge in [-0.25, -0.2) is 19.6 Å². The van der Waals surface area contributed by atoms with Gasteiger partial charge in [0.2, 0.25) is 0 Å². The van der Waals surface area contributed by atoms with Crippen molar-refractivity contribution < 1.29 is 12.6 Å². The molecule has 144 valence electrons. The highest BCUT2D eigenvalue weighted by atomic mass is 32.2. The van der Waals surface area contributed by atoms with Gasteiger partial charge in [-0.1, -0.05) is 0 Å². The van der Waals surface area contributed by atoms with E-state index in [2.05, 4.69) is 30.6 Å². The van der Waals surface area contributed by atoms with Gasteiger partial charge >= 0.3 is 10.3 Å². The third-order valence-electron chi connectivity index (χ3n) is 3.90. The first-order chi connectivity index (χ1) is 13.9. The molecule has 0 fully saturated rings. The third kappa shape index (κ3) is 3.98. The molecule has 0 atom stereocenters. The first-order valence-corrected chi connectivity index (χ1v) is 9.69. The van der Waals surface area contributed by atoms with E-state index in [0.717, 1.165) is 5.52 Å². The van der Waals surface area contributed by atoms with Gasteiger partial charge in [-0.3, -0.25) is 5.43 Å². The summed E-state index contributed by atoms with van der Waals surface area (Å²) in [7, 11) is -4.11. The molecule has 0 amide bonds. The SMILES string of the molecule is N#Cc1ccc(Nn2cnc3cccnc32)nc1-c1ccc(OS(N)(=O)=O)cc1. The van der Waals surface area contributed by atoms with E-state index in [9.17, 15) is 13.7 Å². The molecule has 4 rings (SSSR count). The number of hydrogen-bond acceptors (Lipinski definition) is 8. The van der Waals surface area contributed by atoms with Crippen molar-refractivity contribution in [3.63, 3.8) is 0 Å². The van der Waals surface area contributed by atoms with E-state index in [4.69, 9.17) is 5.14 Å². The Hall–Kier alpha value is -4.01. The Labute approximate surface area is 165 Å². The molecule has 0 spiro atoms. The van der Waals surface area contributed by atoms with E-state index in [1.165, 1.54) is 12.1 Å². The minimum absolute atomic E-state index is 0.0556. The molecule has 11 heteroatoms.